The molecule has 0 saturated carbocycles. The van der Waals surface area contributed by atoms with Crippen molar-refractivity contribution >= 4 is 11.9 Å². The Morgan fingerprint density at radius 2 is 1.58 bits per heavy atom. The summed E-state index contributed by atoms with van der Waals surface area (Å²) >= 11 is 0. The number of rotatable bonds is 6. The van der Waals surface area contributed by atoms with Gasteiger partial charge in [0.25, 0.3) is 0 Å². The van der Waals surface area contributed by atoms with Crippen molar-refractivity contribution in [3.8, 4) is 5.75 Å². The van der Waals surface area contributed by atoms with Gasteiger partial charge >= 0.3 is 11.9 Å². The van der Waals surface area contributed by atoms with E-state index < -0.39 is 11.9 Å². The molecule has 24 heavy (non-hydrogen) atoms. The molecule has 0 saturated heterocycles. The quantitative estimate of drug-likeness (QED) is 0.575. The first kappa shape index (κ1) is 17.7. The van der Waals surface area contributed by atoms with Gasteiger partial charge in [-0.25, -0.2) is 9.59 Å². The van der Waals surface area contributed by atoms with E-state index in [4.69, 9.17) is 9.47 Å². The van der Waals surface area contributed by atoms with Crippen LogP contribution in [-0.2, 0) is 4.74 Å². The minimum absolute atomic E-state index is 0.314. The zero-order valence-corrected chi connectivity index (χ0v) is 14.2. The van der Waals surface area contributed by atoms with Crippen LogP contribution in [0.2, 0.25) is 0 Å². The zero-order valence-electron chi connectivity index (χ0n) is 14.2. The fourth-order valence-electron chi connectivity index (χ4n) is 2.14. The Kier molecular flexibility index (Phi) is 6.13. The second kappa shape index (κ2) is 8.29. The van der Waals surface area contributed by atoms with Crippen molar-refractivity contribution in [2.24, 2.45) is 0 Å². The van der Waals surface area contributed by atoms with E-state index in [0.29, 0.717) is 29.4 Å². The Bertz CT molecular complexity index is 702. The lowest BCUT2D eigenvalue weighted by Gasteiger charge is -2.08. The van der Waals surface area contributed by atoms with Crippen molar-refractivity contribution in [2.75, 3.05) is 6.61 Å². The van der Waals surface area contributed by atoms with Crippen LogP contribution in [0.5, 0.6) is 5.75 Å². The summed E-state index contributed by atoms with van der Waals surface area (Å²) in [4.78, 5) is 24.1. The maximum Gasteiger partial charge on any atom is 0.343 e. The number of carbonyl (C=O) groups excluding carboxylic acids is 2. The van der Waals surface area contributed by atoms with Crippen molar-refractivity contribution in [2.45, 2.75) is 33.1 Å². The summed E-state index contributed by atoms with van der Waals surface area (Å²) in [6.07, 6.45) is 0.750. The third kappa shape index (κ3) is 4.69. The molecule has 2 aromatic rings. The number of esters is 2. The van der Waals surface area contributed by atoms with Crippen molar-refractivity contribution in [3.63, 3.8) is 0 Å². The molecule has 0 amide bonds. The maximum absolute atomic E-state index is 12.2. The molecule has 0 aliphatic carbocycles. The molecule has 0 fully saturated rings. The minimum Gasteiger partial charge on any atom is -0.462 e. The topological polar surface area (TPSA) is 52.6 Å². The number of hydrogen-bond donors (Lipinski definition) is 0. The Morgan fingerprint density at radius 3 is 2.17 bits per heavy atom. The summed E-state index contributed by atoms with van der Waals surface area (Å²) in [5.74, 6) is -0.0471. The van der Waals surface area contributed by atoms with E-state index in [-0.39, 0.29) is 0 Å². The van der Waals surface area contributed by atoms with Gasteiger partial charge in [0.2, 0.25) is 0 Å². The summed E-state index contributed by atoms with van der Waals surface area (Å²) in [6, 6.07) is 13.8. The predicted molar refractivity (Wildman–Crippen MR) is 92.5 cm³/mol. The highest BCUT2D eigenvalue weighted by atomic mass is 16.5. The van der Waals surface area contributed by atoms with Crippen LogP contribution < -0.4 is 4.74 Å². The van der Waals surface area contributed by atoms with Crippen LogP contribution in [0.4, 0.5) is 0 Å². The Morgan fingerprint density at radius 1 is 0.958 bits per heavy atom. The molecule has 0 N–H and O–H groups in total. The standard InChI is InChI=1S/C20H22O4/c1-4-12-23-19(21)16-6-5-7-17(13-16)20(22)24-18-10-8-15(9-11-18)14(2)3/h5-11,13-14H,4,12H2,1-3H3. The minimum atomic E-state index is -0.502. The number of ether oxygens (including phenoxy) is 2. The van der Waals surface area contributed by atoms with Gasteiger partial charge in [-0.2, -0.15) is 0 Å². The molecular weight excluding hydrogens is 304 g/mol. The van der Waals surface area contributed by atoms with Crippen LogP contribution in [0.3, 0.4) is 0 Å². The van der Waals surface area contributed by atoms with Gasteiger partial charge in [0.1, 0.15) is 5.75 Å². The maximum atomic E-state index is 12.2. The summed E-state index contributed by atoms with van der Waals surface area (Å²) in [6.45, 7) is 6.48. The average molecular weight is 326 g/mol. The zero-order chi connectivity index (χ0) is 17.5. The molecular formula is C20H22O4. The highest BCUT2D eigenvalue weighted by Crippen LogP contribution is 2.19. The lowest BCUT2D eigenvalue weighted by molar-refractivity contribution is 0.0505. The molecule has 0 aliphatic rings. The van der Waals surface area contributed by atoms with Crippen molar-refractivity contribution in [1.29, 1.82) is 0 Å². The van der Waals surface area contributed by atoms with Crippen LogP contribution in [-0.4, -0.2) is 18.5 Å². The molecule has 0 radical (unpaired) electrons. The van der Waals surface area contributed by atoms with Gasteiger partial charge in [-0.05, 0) is 48.2 Å². The molecule has 2 rings (SSSR count). The van der Waals surface area contributed by atoms with E-state index in [2.05, 4.69) is 13.8 Å². The number of hydrogen-bond acceptors (Lipinski definition) is 4. The van der Waals surface area contributed by atoms with Crippen LogP contribution in [0.1, 0.15) is 59.4 Å². The smallest absolute Gasteiger partial charge is 0.343 e. The highest BCUT2D eigenvalue weighted by Gasteiger charge is 2.13. The second-order valence-corrected chi connectivity index (χ2v) is 5.83. The number of benzene rings is 2. The molecule has 0 aliphatic heterocycles. The first-order valence-electron chi connectivity index (χ1n) is 8.10. The third-order valence-corrected chi connectivity index (χ3v) is 3.53. The molecule has 126 valence electrons. The third-order valence-electron chi connectivity index (χ3n) is 3.53. The first-order valence-corrected chi connectivity index (χ1v) is 8.10. The normalized spacial score (nSPS) is 10.5. The van der Waals surface area contributed by atoms with E-state index in [1.165, 1.54) is 11.6 Å². The molecule has 0 heterocycles. The monoisotopic (exact) mass is 326 g/mol. The van der Waals surface area contributed by atoms with Crippen LogP contribution in [0.25, 0.3) is 0 Å². The van der Waals surface area contributed by atoms with Gasteiger partial charge in [-0.15, -0.1) is 0 Å². The predicted octanol–water partition coefficient (Wildman–Crippen LogP) is 4.60. The van der Waals surface area contributed by atoms with Crippen molar-refractivity contribution < 1.29 is 19.1 Å². The molecule has 2 aromatic carbocycles. The van der Waals surface area contributed by atoms with E-state index in [9.17, 15) is 9.59 Å². The van der Waals surface area contributed by atoms with E-state index in [1.807, 2.05) is 19.1 Å². The lowest BCUT2D eigenvalue weighted by atomic mass is 10.0. The largest absolute Gasteiger partial charge is 0.462 e. The van der Waals surface area contributed by atoms with Gasteiger partial charge in [-0.3, -0.25) is 0 Å². The molecule has 4 nitrogen and oxygen atoms in total. The second-order valence-electron chi connectivity index (χ2n) is 5.83. The van der Waals surface area contributed by atoms with E-state index in [1.54, 1.807) is 30.3 Å². The summed E-state index contributed by atoms with van der Waals surface area (Å²) in [5.41, 5.74) is 1.83. The van der Waals surface area contributed by atoms with Crippen LogP contribution in [0, 0.1) is 0 Å². The van der Waals surface area contributed by atoms with Gasteiger partial charge in [0, 0.05) is 0 Å². The molecule has 0 atom stereocenters. The first-order chi connectivity index (χ1) is 11.5. The highest BCUT2D eigenvalue weighted by molar-refractivity contribution is 5.96. The SMILES string of the molecule is CCCOC(=O)c1cccc(C(=O)Oc2ccc(C(C)C)cc2)c1. The Hall–Kier alpha value is -2.62. The van der Waals surface area contributed by atoms with Gasteiger partial charge in [0.15, 0.2) is 0 Å². The number of carbonyl (C=O) groups is 2. The summed E-state index contributed by atoms with van der Waals surface area (Å²) < 4.78 is 10.4. The fraction of sp³-hybridized carbons (Fsp3) is 0.300. The lowest BCUT2D eigenvalue weighted by Crippen LogP contribution is -2.11. The van der Waals surface area contributed by atoms with Crippen molar-refractivity contribution in [3.05, 3.63) is 65.2 Å². The van der Waals surface area contributed by atoms with Gasteiger partial charge < -0.3 is 9.47 Å². The molecule has 0 bridgehead atoms. The van der Waals surface area contributed by atoms with Crippen LogP contribution in [0.15, 0.2) is 48.5 Å². The van der Waals surface area contributed by atoms with E-state index >= 15 is 0 Å². The molecule has 0 spiro atoms. The summed E-state index contributed by atoms with van der Waals surface area (Å²) in [7, 11) is 0. The Labute approximate surface area is 142 Å². The Balaban J connectivity index is 2.08. The van der Waals surface area contributed by atoms with Gasteiger partial charge in [0.05, 0.1) is 17.7 Å². The average Bonchev–Trinajstić information content (AvgIpc) is 2.60. The fourth-order valence-corrected chi connectivity index (χ4v) is 2.14. The summed E-state index contributed by atoms with van der Waals surface area (Å²) in [5, 5.41) is 0. The van der Waals surface area contributed by atoms with E-state index in [0.717, 1.165) is 6.42 Å². The molecule has 4 heteroatoms. The molecule has 0 aromatic heterocycles. The van der Waals surface area contributed by atoms with Crippen molar-refractivity contribution in [1.82, 2.24) is 0 Å². The molecule has 0 unspecified atom stereocenters. The van der Waals surface area contributed by atoms with Gasteiger partial charge in [-0.1, -0.05) is 39.0 Å². The van der Waals surface area contributed by atoms with Crippen LogP contribution >= 0.6 is 0 Å².